The summed E-state index contributed by atoms with van der Waals surface area (Å²) in [6, 6.07) is 10.2. The molecular formula is C49H66N6O22P3S2+. The standard InChI is InChI=1S/C49H65N6O22P3S2/c1-6-52-38-22-20-34(81(68,69)70)28-36(38)48(2,3)42(52)16-13-17-43-49(4,5)37-29-35(82(71,72)73)21-23-39(37)53(43)26-12-8-10-19-44(57)50-24-11-7-9-18-45(58)51-25-14-15-33-27-46(55(59)60)54(31-33)47-30-40(56)41(75-47)32-74-79(64,65)77-80(66,67)76-78(61,62)63/h13,16-17,20-23,27-29,31,40-41,47,56H,6-12,18-19,24-26,30,32H2,1-5H3,(H7-,50,51,57,58,61,62,63,64,65,66,67,68,69,70,71,72,73)/p+1/t40-,41+,47+/m0/s1. The summed E-state index contributed by atoms with van der Waals surface area (Å²) in [4.78, 5) is 74.3. The Morgan fingerprint density at radius 2 is 1.49 bits per heavy atom. The molecule has 1 fully saturated rings. The molecule has 28 nitrogen and oxygen atoms in total. The minimum absolute atomic E-state index is 0.105. The molecule has 2 amide bonds. The Morgan fingerprint density at radius 3 is 2.11 bits per heavy atom. The number of anilines is 1. The van der Waals surface area contributed by atoms with Crippen molar-refractivity contribution in [3.8, 4) is 11.8 Å². The van der Waals surface area contributed by atoms with Crippen molar-refractivity contribution in [2.24, 2.45) is 0 Å². The first-order valence-electron chi connectivity index (χ1n) is 25.6. The van der Waals surface area contributed by atoms with Gasteiger partial charge in [0.15, 0.2) is 5.71 Å². The molecule has 1 saturated heterocycles. The third-order valence-corrected chi connectivity index (χ3v) is 19.3. The van der Waals surface area contributed by atoms with Gasteiger partial charge in [-0.3, -0.25) is 23.2 Å². The predicted molar refractivity (Wildman–Crippen MR) is 294 cm³/mol. The summed E-state index contributed by atoms with van der Waals surface area (Å²) in [7, 11) is -25.9. The van der Waals surface area contributed by atoms with Gasteiger partial charge in [-0.2, -0.15) is 30.0 Å². The number of nitrogens with one attached hydrogen (secondary N) is 2. The molecule has 2 aromatic carbocycles. The van der Waals surface area contributed by atoms with Crippen LogP contribution in [0.3, 0.4) is 0 Å². The maximum atomic E-state index is 12.7. The molecule has 3 aromatic rings. The van der Waals surface area contributed by atoms with Crippen LogP contribution in [0.1, 0.15) is 115 Å². The topological polar surface area (TPSA) is 411 Å². The van der Waals surface area contributed by atoms with Crippen LogP contribution < -0.4 is 15.5 Å². The summed E-state index contributed by atoms with van der Waals surface area (Å²) in [5.74, 6) is 4.44. The zero-order valence-electron chi connectivity index (χ0n) is 45.2. The lowest BCUT2D eigenvalue weighted by molar-refractivity contribution is -0.438. The minimum Gasteiger partial charge on any atom is -0.390 e. The number of hydrogen-bond acceptors (Lipinski definition) is 17. The maximum absolute atomic E-state index is 12.7. The number of hydrogen-bond donors (Lipinski definition) is 9. The molecule has 33 heteroatoms. The van der Waals surface area contributed by atoms with Gasteiger partial charge in [-0.15, -0.1) is 0 Å². The van der Waals surface area contributed by atoms with Gasteiger partial charge in [0.25, 0.3) is 20.2 Å². The summed E-state index contributed by atoms with van der Waals surface area (Å²) in [5, 5.41) is 27.8. The molecule has 1 aromatic heterocycles. The number of phosphoric acid groups is 3. The summed E-state index contributed by atoms with van der Waals surface area (Å²) in [5.41, 5.74) is 3.60. The Balaban J connectivity index is 0.929. The van der Waals surface area contributed by atoms with Crippen LogP contribution in [0.5, 0.6) is 0 Å². The number of aromatic nitrogens is 1. The molecule has 3 aliphatic rings. The van der Waals surface area contributed by atoms with E-state index in [9.17, 15) is 74.2 Å². The first-order chi connectivity index (χ1) is 38.0. The Labute approximate surface area is 473 Å². The average molecular weight is 1250 g/mol. The number of fused-ring (bicyclic) bond motifs is 2. The van der Waals surface area contributed by atoms with E-state index in [1.165, 1.54) is 30.5 Å². The molecule has 0 radical (unpaired) electrons. The zero-order chi connectivity index (χ0) is 60.8. The van der Waals surface area contributed by atoms with Crippen LogP contribution in [0.4, 0.5) is 17.2 Å². The van der Waals surface area contributed by atoms with E-state index < -0.39 is 90.3 Å². The number of nitrogens with zero attached hydrogens (tertiary/aromatic N) is 4. The van der Waals surface area contributed by atoms with Crippen LogP contribution >= 0.6 is 23.5 Å². The van der Waals surface area contributed by atoms with Crippen LogP contribution in [0.2, 0.25) is 0 Å². The number of rotatable bonds is 27. The number of likely N-dealkylation sites (N-methyl/N-ethyl adjacent to an activating group) is 1. The monoisotopic (exact) mass is 1250 g/mol. The lowest BCUT2D eigenvalue weighted by Crippen LogP contribution is -2.28. The SMILES string of the molecule is CCN1/C(=C\C=C\C2=[N+](CCCCCC(=O)NCCCCCC(=O)NCC#Cc3cc([N+](=O)[O-])n([C@H]4C[C@H](O)[C@@H](COP(=O)(O)OP(=O)(O)OP(=O)(O)O)O4)c3)c3ccc(S(=O)(=O)O)cc3C2(C)C)C(C)(C)c2cc(S(=O)(=O)O)ccc21. The second kappa shape index (κ2) is 26.3. The Kier molecular flexibility index (Phi) is 21.1. The van der Waals surface area contributed by atoms with Crippen molar-refractivity contribution < 1.29 is 101 Å². The molecular weight excluding hydrogens is 1180 g/mol. The molecule has 2 unspecified atom stereocenters. The number of unbranched alkanes of at least 4 members (excludes halogenated alkanes) is 4. The molecule has 3 aliphatic heterocycles. The van der Waals surface area contributed by atoms with Crippen LogP contribution in [0.25, 0.3) is 0 Å². The third-order valence-electron chi connectivity index (χ3n) is 13.8. The molecule has 4 heterocycles. The number of aliphatic hydroxyl groups is 1. The largest absolute Gasteiger partial charge is 0.490 e. The van der Waals surface area contributed by atoms with E-state index >= 15 is 0 Å². The third kappa shape index (κ3) is 17.0. The van der Waals surface area contributed by atoms with Gasteiger partial charge in [0.2, 0.25) is 23.7 Å². The molecule has 450 valence electrons. The Bertz CT molecular complexity index is 3490. The van der Waals surface area contributed by atoms with Crippen molar-refractivity contribution in [1.82, 2.24) is 15.2 Å². The Hall–Kier alpha value is -5.28. The van der Waals surface area contributed by atoms with E-state index in [4.69, 9.17) is 14.5 Å². The van der Waals surface area contributed by atoms with Gasteiger partial charge >= 0.3 is 29.3 Å². The molecule has 0 saturated carbocycles. The van der Waals surface area contributed by atoms with E-state index in [0.29, 0.717) is 63.7 Å². The Morgan fingerprint density at radius 1 is 0.866 bits per heavy atom. The van der Waals surface area contributed by atoms with Gasteiger partial charge in [0.1, 0.15) is 18.8 Å². The van der Waals surface area contributed by atoms with Crippen molar-refractivity contribution >= 4 is 78.4 Å². The smallest absolute Gasteiger partial charge is 0.390 e. The van der Waals surface area contributed by atoms with Gasteiger partial charge in [0, 0.05) is 73.3 Å². The van der Waals surface area contributed by atoms with Crippen LogP contribution in [-0.4, -0.2) is 127 Å². The van der Waals surface area contributed by atoms with Crippen molar-refractivity contribution in [2.75, 3.05) is 37.7 Å². The normalized spacial score (nSPS) is 20.5. The number of nitro groups is 1. The first-order valence-corrected chi connectivity index (χ1v) is 33.0. The van der Waals surface area contributed by atoms with Gasteiger partial charge in [-0.25, -0.2) is 18.3 Å². The highest BCUT2D eigenvalue weighted by molar-refractivity contribution is 7.86. The predicted octanol–water partition coefficient (Wildman–Crippen LogP) is 5.92. The van der Waals surface area contributed by atoms with Crippen molar-refractivity contribution in [1.29, 1.82) is 0 Å². The lowest BCUT2D eigenvalue weighted by atomic mass is 9.81. The molecule has 0 bridgehead atoms. The highest BCUT2D eigenvalue weighted by atomic mass is 32.2. The molecule has 5 atom stereocenters. The zero-order valence-corrected chi connectivity index (χ0v) is 49.5. The summed E-state index contributed by atoms with van der Waals surface area (Å²) >= 11 is 0. The number of aliphatic hydroxyl groups excluding tert-OH is 1. The number of carbonyl (C=O) groups is 2. The lowest BCUT2D eigenvalue weighted by Gasteiger charge is -2.25. The fourth-order valence-electron chi connectivity index (χ4n) is 9.87. The second-order valence-corrected chi connectivity index (χ2v) is 27.6. The van der Waals surface area contributed by atoms with Crippen molar-refractivity contribution in [2.45, 2.75) is 131 Å². The van der Waals surface area contributed by atoms with Gasteiger partial charge in [-0.05, 0) is 93.3 Å². The van der Waals surface area contributed by atoms with Gasteiger partial charge in [0.05, 0.1) is 46.1 Å². The molecule has 82 heavy (non-hydrogen) atoms. The molecule has 9 N–H and O–H groups in total. The van der Waals surface area contributed by atoms with E-state index in [0.717, 1.165) is 39.0 Å². The number of phosphoric ester groups is 1. The van der Waals surface area contributed by atoms with E-state index in [-0.39, 0.29) is 53.0 Å². The van der Waals surface area contributed by atoms with E-state index in [2.05, 4.69) is 45.1 Å². The second-order valence-electron chi connectivity index (χ2n) is 20.4. The molecule has 6 rings (SSSR count). The van der Waals surface area contributed by atoms with E-state index in [1.54, 1.807) is 12.1 Å². The molecule has 0 aliphatic carbocycles. The summed E-state index contributed by atoms with van der Waals surface area (Å²) in [6.07, 6.45) is 6.85. The fourth-order valence-corrected chi connectivity index (χ4v) is 13.9. The highest BCUT2D eigenvalue weighted by Gasteiger charge is 2.47. The number of benzene rings is 2. The molecule has 0 spiro atoms. The van der Waals surface area contributed by atoms with Crippen LogP contribution in [-0.2, 0) is 72.2 Å². The maximum Gasteiger partial charge on any atom is 0.490 e. The number of amides is 2. The van der Waals surface area contributed by atoms with Crippen molar-refractivity contribution in [3.63, 3.8) is 0 Å². The average Bonchev–Trinajstić information content (AvgIpc) is 3.68. The fraction of sp³-hybridized carbons (Fsp3) is 0.490. The minimum atomic E-state index is -5.80. The van der Waals surface area contributed by atoms with Crippen LogP contribution in [0, 0.1) is 22.0 Å². The number of allylic oxidation sites excluding steroid dienone is 4. The first kappa shape index (κ1) is 65.9. The highest BCUT2D eigenvalue weighted by Crippen LogP contribution is 2.66. The quantitative estimate of drug-likeness (QED) is 0.00813. The van der Waals surface area contributed by atoms with E-state index in [1.807, 2.05) is 52.8 Å². The van der Waals surface area contributed by atoms with Gasteiger partial charge in [-0.1, -0.05) is 38.2 Å². The summed E-state index contributed by atoms with van der Waals surface area (Å²) in [6.45, 7) is 10.3. The summed E-state index contributed by atoms with van der Waals surface area (Å²) < 4.78 is 123. The van der Waals surface area contributed by atoms with Crippen molar-refractivity contribution in [3.05, 3.63) is 99.4 Å². The number of carbonyl (C=O) groups excluding carboxylic acids is 2. The van der Waals surface area contributed by atoms with Gasteiger partial charge < -0.3 is 55.1 Å². The van der Waals surface area contributed by atoms with Crippen LogP contribution in [0.15, 0.2) is 82.4 Å². The number of ether oxygens (including phenoxy) is 1.